The van der Waals surface area contributed by atoms with Crippen LogP contribution < -0.4 is 5.14 Å². The number of benzene rings is 1. The highest BCUT2D eigenvalue weighted by atomic mass is 32.2. The Morgan fingerprint density at radius 2 is 1.74 bits per heavy atom. The lowest BCUT2D eigenvalue weighted by molar-refractivity contribution is 0.225. The van der Waals surface area contributed by atoms with E-state index in [0.29, 0.717) is 6.42 Å². The summed E-state index contributed by atoms with van der Waals surface area (Å²) in [5, 5.41) is 4.79. The number of hydrogen-bond acceptors (Lipinski definition) is 3. The van der Waals surface area contributed by atoms with Gasteiger partial charge >= 0.3 is 0 Å². The third-order valence-corrected chi connectivity index (χ3v) is 5.03. The minimum Gasteiger partial charge on any atom is -0.303 e. The van der Waals surface area contributed by atoms with Crippen LogP contribution in [-0.2, 0) is 10.0 Å². The summed E-state index contributed by atoms with van der Waals surface area (Å²) in [5.74, 6) is 0. The lowest BCUT2D eigenvalue weighted by atomic mass is 10.1. The Kier molecular flexibility index (Phi) is 4.96. The molecular weight excluding hydrogens is 260 g/mol. The molecule has 1 aliphatic heterocycles. The van der Waals surface area contributed by atoms with E-state index in [-0.39, 0.29) is 0 Å². The first kappa shape index (κ1) is 14.5. The summed E-state index contributed by atoms with van der Waals surface area (Å²) < 4.78 is 23.5. The molecule has 2 N–H and O–H groups in total. The van der Waals surface area contributed by atoms with Crippen molar-refractivity contribution >= 4 is 10.0 Å². The summed E-state index contributed by atoms with van der Waals surface area (Å²) in [4.78, 5) is 2.34. The van der Waals surface area contributed by atoms with Gasteiger partial charge in [-0.1, -0.05) is 36.8 Å². The molecule has 1 unspecified atom stereocenters. The van der Waals surface area contributed by atoms with Crippen molar-refractivity contribution in [3.8, 4) is 0 Å². The maximum Gasteiger partial charge on any atom is 0.216 e. The van der Waals surface area contributed by atoms with Gasteiger partial charge in [0.1, 0.15) is 5.25 Å². The van der Waals surface area contributed by atoms with E-state index in [1.54, 1.807) is 0 Å². The molecule has 0 aliphatic carbocycles. The second kappa shape index (κ2) is 6.50. The SMILES string of the molecule is NS(=O)(=O)C(CCN1CCCCC1)c1ccccc1. The first-order valence-corrected chi connectivity index (χ1v) is 8.47. The van der Waals surface area contributed by atoms with Crippen molar-refractivity contribution in [2.45, 2.75) is 30.9 Å². The number of piperidine rings is 1. The molecule has 1 atom stereocenters. The van der Waals surface area contributed by atoms with E-state index < -0.39 is 15.3 Å². The van der Waals surface area contributed by atoms with Crippen LogP contribution in [0.3, 0.4) is 0 Å². The molecule has 1 aromatic rings. The van der Waals surface area contributed by atoms with Crippen LogP contribution in [0.15, 0.2) is 30.3 Å². The van der Waals surface area contributed by atoms with E-state index in [1.807, 2.05) is 30.3 Å². The molecule has 2 rings (SSSR count). The third kappa shape index (κ3) is 4.30. The Balaban J connectivity index is 2.03. The van der Waals surface area contributed by atoms with Gasteiger partial charge in [-0.3, -0.25) is 0 Å². The van der Waals surface area contributed by atoms with Gasteiger partial charge in [-0.25, -0.2) is 13.6 Å². The van der Waals surface area contributed by atoms with Crippen LogP contribution in [-0.4, -0.2) is 33.0 Å². The molecule has 19 heavy (non-hydrogen) atoms. The van der Waals surface area contributed by atoms with Crippen LogP contribution in [0.4, 0.5) is 0 Å². The van der Waals surface area contributed by atoms with Crippen LogP contribution >= 0.6 is 0 Å². The Labute approximate surface area is 115 Å². The second-order valence-electron chi connectivity index (χ2n) is 5.18. The number of nitrogens with two attached hydrogens (primary N) is 1. The lowest BCUT2D eigenvalue weighted by Crippen LogP contribution is -2.33. The first-order chi connectivity index (χ1) is 9.07. The van der Waals surface area contributed by atoms with Crippen molar-refractivity contribution in [3.63, 3.8) is 0 Å². The molecule has 0 radical (unpaired) electrons. The molecule has 5 heteroatoms. The van der Waals surface area contributed by atoms with Crippen molar-refractivity contribution in [2.75, 3.05) is 19.6 Å². The Hall–Kier alpha value is -0.910. The van der Waals surface area contributed by atoms with Crippen LogP contribution in [0, 0.1) is 0 Å². The largest absolute Gasteiger partial charge is 0.303 e. The number of hydrogen-bond donors (Lipinski definition) is 1. The number of nitrogens with zero attached hydrogens (tertiary/aromatic N) is 1. The Bertz CT molecular complexity index is 481. The monoisotopic (exact) mass is 282 g/mol. The quantitative estimate of drug-likeness (QED) is 0.897. The Morgan fingerprint density at radius 1 is 1.11 bits per heavy atom. The highest BCUT2D eigenvalue weighted by molar-refractivity contribution is 7.89. The molecule has 0 bridgehead atoms. The molecule has 0 saturated carbocycles. The second-order valence-corrected chi connectivity index (χ2v) is 6.93. The number of primary sulfonamides is 1. The average Bonchev–Trinajstić information content (AvgIpc) is 2.40. The predicted octanol–water partition coefficient (Wildman–Crippen LogP) is 1.89. The van der Waals surface area contributed by atoms with Crippen LogP contribution in [0.1, 0.15) is 36.5 Å². The number of sulfonamides is 1. The molecule has 1 saturated heterocycles. The number of likely N-dealkylation sites (tertiary alicyclic amines) is 1. The zero-order chi connectivity index (χ0) is 13.7. The average molecular weight is 282 g/mol. The van der Waals surface area contributed by atoms with Gasteiger partial charge in [0.05, 0.1) is 0 Å². The summed E-state index contributed by atoms with van der Waals surface area (Å²) in [6.45, 7) is 2.95. The molecule has 0 amide bonds. The van der Waals surface area contributed by atoms with Crippen LogP contribution in [0.25, 0.3) is 0 Å². The summed E-state index contributed by atoms with van der Waals surface area (Å²) in [5.41, 5.74) is 0.794. The van der Waals surface area contributed by atoms with Gasteiger partial charge in [-0.05, 0) is 44.5 Å². The van der Waals surface area contributed by atoms with Crippen molar-refractivity contribution in [2.24, 2.45) is 5.14 Å². The molecule has 4 nitrogen and oxygen atoms in total. The molecule has 106 valence electrons. The van der Waals surface area contributed by atoms with E-state index >= 15 is 0 Å². The summed E-state index contributed by atoms with van der Waals surface area (Å²) in [7, 11) is -3.55. The van der Waals surface area contributed by atoms with Crippen molar-refractivity contribution in [1.29, 1.82) is 0 Å². The summed E-state index contributed by atoms with van der Waals surface area (Å²) >= 11 is 0. The molecule has 1 fully saturated rings. The van der Waals surface area contributed by atoms with Gasteiger partial charge in [-0.15, -0.1) is 0 Å². The van der Waals surface area contributed by atoms with Crippen molar-refractivity contribution < 1.29 is 8.42 Å². The maximum absolute atomic E-state index is 11.8. The standard InChI is InChI=1S/C14H22N2O2S/c15-19(17,18)14(13-7-3-1-4-8-13)9-12-16-10-5-2-6-11-16/h1,3-4,7-8,14H,2,5-6,9-12H2,(H2,15,17,18). The molecule has 1 aromatic carbocycles. The minimum absolute atomic E-state index is 0.572. The zero-order valence-corrected chi connectivity index (χ0v) is 12.0. The maximum atomic E-state index is 11.8. The minimum atomic E-state index is -3.55. The van der Waals surface area contributed by atoms with Gasteiger partial charge in [0.15, 0.2) is 0 Å². The lowest BCUT2D eigenvalue weighted by Gasteiger charge is -2.27. The summed E-state index contributed by atoms with van der Waals surface area (Å²) in [6, 6.07) is 9.27. The van der Waals surface area contributed by atoms with E-state index in [0.717, 1.165) is 25.2 Å². The molecule has 1 heterocycles. The normalized spacial score (nSPS) is 19.2. The highest BCUT2D eigenvalue weighted by Gasteiger charge is 2.24. The van der Waals surface area contributed by atoms with E-state index in [1.165, 1.54) is 19.3 Å². The van der Waals surface area contributed by atoms with Gasteiger partial charge < -0.3 is 4.90 Å². The number of rotatable bonds is 5. The molecule has 0 spiro atoms. The molecule has 0 aromatic heterocycles. The van der Waals surface area contributed by atoms with Gasteiger partial charge in [-0.2, -0.15) is 0 Å². The van der Waals surface area contributed by atoms with Crippen LogP contribution in [0.2, 0.25) is 0 Å². The third-order valence-electron chi connectivity index (χ3n) is 3.72. The molecular formula is C14H22N2O2S. The van der Waals surface area contributed by atoms with Gasteiger partial charge in [0.25, 0.3) is 0 Å². The fourth-order valence-corrected chi connectivity index (χ4v) is 3.64. The van der Waals surface area contributed by atoms with Gasteiger partial charge in [0.2, 0.25) is 10.0 Å². The van der Waals surface area contributed by atoms with E-state index in [9.17, 15) is 8.42 Å². The Morgan fingerprint density at radius 3 is 2.32 bits per heavy atom. The fraction of sp³-hybridized carbons (Fsp3) is 0.571. The zero-order valence-electron chi connectivity index (χ0n) is 11.2. The highest BCUT2D eigenvalue weighted by Crippen LogP contribution is 2.24. The van der Waals surface area contributed by atoms with Crippen molar-refractivity contribution in [1.82, 2.24) is 4.90 Å². The smallest absolute Gasteiger partial charge is 0.216 e. The summed E-state index contributed by atoms with van der Waals surface area (Å²) in [6.07, 6.45) is 4.29. The van der Waals surface area contributed by atoms with Crippen LogP contribution in [0.5, 0.6) is 0 Å². The van der Waals surface area contributed by atoms with E-state index in [2.05, 4.69) is 4.90 Å². The van der Waals surface area contributed by atoms with Gasteiger partial charge in [0, 0.05) is 0 Å². The predicted molar refractivity (Wildman–Crippen MR) is 77.2 cm³/mol. The van der Waals surface area contributed by atoms with Crippen molar-refractivity contribution in [3.05, 3.63) is 35.9 Å². The topological polar surface area (TPSA) is 63.4 Å². The fourth-order valence-electron chi connectivity index (χ4n) is 2.67. The molecule has 1 aliphatic rings. The first-order valence-electron chi connectivity index (χ1n) is 6.86. The van der Waals surface area contributed by atoms with E-state index in [4.69, 9.17) is 5.14 Å².